The van der Waals surface area contributed by atoms with Crippen LogP contribution in [0.5, 0.6) is 0 Å². The standard InChI is InChI=1S/C28H22F6N4O3S/c1-12-14(21-16(29)4-5-17(30)22(21)31)8-18(25(40)38(12)11-28(32,33)34)36-24(39)19-7-13-9-27(10-20(13)42-19)15-3-2-6-35-23(15)37-26(27)41/h2-7,12,14,18H,8-11H2,1H3,(H,36,39)(H,35,37,41). The van der Waals surface area contributed by atoms with Gasteiger partial charge in [-0.25, -0.2) is 18.2 Å². The molecule has 220 valence electrons. The van der Waals surface area contributed by atoms with Crippen LogP contribution >= 0.6 is 11.3 Å². The highest BCUT2D eigenvalue weighted by Crippen LogP contribution is 2.49. The number of hydrogen-bond donors (Lipinski definition) is 2. The van der Waals surface area contributed by atoms with E-state index in [0.717, 1.165) is 27.3 Å². The Hall–Kier alpha value is -3.94. The van der Waals surface area contributed by atoms with Gasteiger partial charge in [0.2, 0.25) is 11.8 Å². The Morgan fingerprint density at radius 3 is 2.62 bits per heavy atom. The van der Waals surface area contributed by atoms with Crippen molar-refractivity contribution in [2.24, 2.45) is 0 Å². The molecular weight excluding hydrogens is 586 g/mol. The van der Waals surface area contributed by atoms with Crippen molar-refractivity contribution < 1.29 is 40.7 Å². The molecule has 42 heavy (non-hydrogen) atoms. The zero-order valence-corrected chi connectivity index (χ0v) is 22.6. The molecule has 2 N–H and O–H groups in total. The fourth-order valence-electron chi connectivity index (χ4n) is 6.31. The Balaban J connectivity index is 1.26. The van der Waals surface area contributed by atoms with Gasteiger partial charge in [0.25, 0.3) is 5.91 Å². The molecule has 4 atom stereocenters. The maximum atomic E-state index is 14.7. The number of pyridine rings is 1. The minimum Gasteiger partial charge on any atom is -0.340 e. The number of nitrogens with zero attached hydrogens (tertiary/aromatic N) is 2. The molecule has 1 spiro atoms. The van der Waals surface area contributed by atoms with Crippen molar-refractivity contribution in [3.63, 3.8) is 0 Å². The van der Waals surface area contributed by atoms with Crippen LogP contribution in [-0.2, 0) is 27.8 Å². The minimum absolute atomic E-state index is 0.160. The monoisotopic (exact) mass is 608 g/mol. The van der Waals surface area contributed by atoms with E-state index in [1.165, 1.54) is 6.92 Å². The predicted octanol–water partition coefficient (Wildman–Crippen LogP) is 4.61. The lowest BCUT2D eigenvalue weighted by Gasteiger charge is -2.43. The zero-order chi connectivity index (χ0) is 30.1. The molecule has 2 aliphatic heterocycles. The molecule has 14 heteroatoms. The van der Waals surface area contributed by atoms with Crippen LogP contribution < -0.4 is 10.6 Å². The summed E-state index contributed by atoms with van der Waals surface area (Å²) < 4.78 is 83.7. The summed E-state index contributed by atoms with van der Waals surface area (Å²) in [6.07, 6.45) is -3.11. The van der Waals surface area contributed by atoms with E-state index in [0.29, 0.717) is 35.7 Å². The van der Waals surface area contributed by atoms with E-state index in [1.807, 2.05) is 6.07 Å². The molecule has 0 radical (unpaired) electrons. The second-order valence-corrected chi connectivity index (χ2v) is 11.9. The van der Waals surface area contributed by atoms with Crippen molar-refractivity contribution in [2.75, 3.05) is 11.9 Å². The molecule has 1 saturated heterocycles. The molecule has 1 fully saturated rings. The van der Waals surface area contributed by atoms with Crippen molar-refractivity contribution in [1.29, 1.82) is 0 Å². The first-order valence-electron chi connectivity index (χ1n) is 13.0. The Labute approximate surface area is 238 Å². The van der Waals surface area contributed by atoms with Gasteiger partial charge in [-0.2, -0.15) is 13.2 Å². The number of halogens is 6. The van der Waals surface area contributed by atoms with Gasteiger partial charge < -0.3 is 15.5 Å². The predicted molar refractivity (Wildman–Crippen MR) is 138 cm³/mol. The first kappa shape index (κ1) is 28.2. The molecule has 1 aromatic carbocycles. The van der Waals surface area contributed by atoms with Crippen molar-refractivity contribution in [1.82, 2.24) is 15.2 Å². The first-order chi connectivity index (χ1) is 19.8. The number of carbonyl (C=O) groups is 3. The number of thiophene rings is 1. The molecule has 0 saturated carbocycles. The Morgan fingerprint density at radius 2 is 1.90 bits per heavy atom. The third-order valence-electron chi connectivity index (χ3n) is 8.31. The van der Waals surface area contributed by atoms with Gasteiger partial charge in [-0.3, -0.25) is 14.4 Å². The number of carbonyl (C=O) groups excluding carboxylic acids is 3. The van der Waals surface area contributed by atoms with Crippen LogP contribution in [0.3, 0.4) is 0 Å². The summed E-state index contributed by atoms with van der Waals surface area (Å²) in [5, 5.41) is 5.21. The molecule has 3 aromatic rings. The molecule has 2 aromatic heterocycles. The quantitative estimate of drug-likeness (QED) is 0.334. The Morgan fingerprint density at radius 1 is 1.17 bits per heavy atom. The Bertz CT molecular complexity index is 1620. The molecule has 4 heterocycles. The first-order valence-corrected chi connectivity index (χ1v) is 13.8. The number of rotatable bonds is 4. The number of alkyl halides is 3. The smallest absolute Gasteiger partial charge is 0.340 e. The molecular formula is C28H22F6N4O3S. The van der Waals surface area contributed by atoms with Crippen molar-refractivity contribution in [3.05, 3.63) is 80.4 Å². The summed E-state index contributed by atoms with van der Waals surface area (Å²) in [6, 6.07) is 3.42. The molecule has 6 rings (SSSR count). The van der Waals surface area contributed by atoms with Crippen LogP contribution in [0.25, 0.3) is 0 Å². The number of amides is 3. The number of aromatic nitrogens is 1. The highest BCUT2D eigenvalue weighted by Gasteiger charge is 2.52. The summed E-state index contributed by atoms with van der Waals surface area (Å²) in [7, 11) is 0. The van der Waals surface area contributed by atoms with Gasteiger partial charge in [-0.05, 0) is 49.6 Å². The zero-order valence-electron chi connectivity index (χ0n) is 21.8. The number of hydrogen-bond acceptors (Lipinski definition) is 5. The van der Waals surface area contributed by atoms with E-state index in [9.17, 15) is 40.7 Å². The topological polar surface area (TPSA) is 91.4 Å². The summed E-state index contributed by atoms with van der Waals surface area (Å²) in [6.45, 7) is -0.523. The van der Waals surface area contributed by atoms with E-state index in [-0.39, 0.29) is 10.8 Å². The number of anilines is 1. The highest BCUT2D eigenvalue weighted by molar-refractivity contribution is 7.14. The molecule has 3 aliphatic rings. The van der Waals surface area contributed by atoms with Crippen LogP contribution in [0, 0.1) is 17.5 Å². The van der Waals surface area contributed by atoms with Crippen molar-refractivity contribution in [3.8, 4) is 0 Å². The van der Waals surface area contributed by atoms with Gasteiger partial charge in [-0.15, -0.1) is 11.3 Å². The van der Waals surface area contributed by atoms with Crippen LogP contribution in [0.1, 0.15) is 50.5 Å². The van der Waals surface area contributed by atoms with Crippen LogP contribution in [0.15, 0.2) is 36.5 Å². The van der Waals surface area contributed by atoms with Gasteiger partial charge in [0.1, 0.15) is 24.2 Å². The molecule has 1 aliphatic carbocycles. The van der Waals surface area contributed by atoms with Crippen molar-refractivity contribution >= 4 is 34.9 Å². The molecule has 3 amide bonds. The van der Waals surface area contributed by atoms with Gasteiger partial charge in [0, 0.05) is 40.6 Å². The van der Waals surface area contributed by atoms with Gasteiger partial charge >= 0.3 is 6.18 Å². The van der Waals surface area contributed by atoms with E-state index >= 15 is 0 Å². The van der Waals surface area contributed by atoms with E-state index in [2.05, 4.69) is 15.6 Å². The Kier molecular flexibility index (Phi) is 6.59. The number of nitrogens with one attached hydrogen (secondary N) is 2. The lowest BCUT2D eigenvalue weighted by atomic mass is 9.80. The van der Waals surface area contributed by atoms with E-state index < -0.39 is 77.4 Å². The van der Waals surface area contributed by atoms with Crippen LogP contribution in [0.2, 0.25) is 0 Å². The molecule has 7 nitrogen and oxygen atoms in total. The average molecular weight is 609 g/mol. The number of fused-ring (bicyclic) bond motifs is 3. The van der Waals surface area contributed by atoms with Gasteiger partial charge in [-0.1, -0.05) is 6.07 Å². The third-order valence-corrected chi connectivity index (χ3v) is 9.49. The highest BCUT2D eigenvalue weighted by atomic mass is 32.1. The number of benzene rings is 1. The number of likely N-dealkylation sites (tertiary alicyclic amines) is 1. The molecule has 0 bridgehead atoms. The SMILES string of the molecule is CC1C(c2c(F)ccc(F)c2F)CC(NC(=O)c2cc3c(s2)CC2(C3)C(=O)Nc3ncccc32)C(=O)N1CC(F)(F)F. The largest absolute Gasteiger partial charge is 0.406 e. The maximum Gasteiger partial charge on any atom is 0.406 e. The van der Waals surface area contributed by atoms with Crippen LogP contribution in [-0.4, -0.2) is 52.4 Å². The minimum atomic E-state index is -4.84. The summed E-state index contributed by atoms with van der Waals surface area (Å²) >= 11 is 1.09. The summed E-state index contributed by atoms with van der Waals surface area (Å²) in [4.78, 5) is 44.8. The third kappa shape index (κ3) is 4.52. The van der Waals surface area contributed by atoms with Crippen molar-refractivity contribution in [2.45, 2.75) is 55.8 Å². The van der Waals surface area contributed by atoms with Gasteiger partial charge in [0.05, 0.1) is 10.3 Å². The average Bonchev–Trinajstić information content (AvgIpc) is 3.57. The lowest BCUT2D eigenvalue weighted by molar-refractivity contribution is -0.170. The second kappa shape index (κ2) is 9.82. The van der Waals surface area contributed by atoms with E-state index in [1.54, 1.807) is 18.3 Å². The normalized spacial score (nSPS) is 25.0. The fourth-order valence-corrected chi connectivity index (χ4v) is 7.51. The second-order valence-electron chi connectivity index (χ2n) is 10.8. The lowest BCUT2D eigenvalue weighted by Crippen LogP contribution is -2.59. The molecule has 4 unspecified atom stereocenters. The summed E-state index contributed by atoms with van der Waals surface area (Å²) in [5.41, 5.74) is -0.161. The van der Waals surface area contributed by atoms with Gasteiger partial charge in [0.15, 0.2) is 11.6 Å². The maximum absolute atomic E-state index is 14.7. The van der Waals surface area contributed by atoms with Crippen LogP contribution in [0.4, 0.5) is 32.2 Å². The summed E-state index contributed by atoms with van der Waals surface area (Å²) in [5.74, 6) is -7.07. The number of piperidine rings is 1. The fraction of sp³-hybridized carbons (Fsp3) is 0.357. The van der Waals surface area contributed by atoms with E-state index in [4.69, 9.17) is 0 Å².